The Morgan fingerprint density at radius 2 is 2.12 bits per heavy atom. The van der Waals surface area contributed by atoms with Crippen molar-refractivity contribution >= 4 is 5.78 Å². The van der Waals surface area contributed by atoms with Gasteiger partial charge in [0, 0.05) is 12.8 Å². The molecule has 1 aromatic carbocycles. The fraction of sp³-hybridized carbons (Fsp3) is 0.350. The Hall–Kier alpha value is -2.33. The first-order valence-corrected chi connectivity index (χ1v) is 8.06. The molecule has 0 radical (unpaired) electrons. The van der Waals surface area contributed by atoms with Gasteiger partial charge in [0.25, 0.3) is 0 Å². The Morgan fingerprint density at radius 3 is 2.83 bits per heavy atom. The summed E-state index contributed by atoms with van der Waals surface area (Å²) in [6.45, 7) is 3.57. The van der Waals surface area contributed by atoms with E-state index in [1.54, 1.807) is 24.3 Å². The van der Waals surface area contributed by atoms with E-state index in [1.165, 1.54) is 7.11 Å². The summed E-state index contributed by atoms with van der Waals surface area (Å²) in [7, 11) is 1.49. The summed E-state index contributed by atoms with van der Waals surface area (Å²) in [5.41, 5.74) is 0.952. The maximum absolute atomic E-state index is 11.8. The average molecular weight is 330 g/mol. The van der Waals surface area contributed by atoms with Gasteiger partial charge in [-0.2, -0.15) is 0 Å². The molecular formula is C20H26O4. The van der Waals surface area contributed by atoms with Crippen molar-refractivity contribution in [1.82, 2.24) is 0 Å². The highest BCUT2D eigenvalue weighted by atomic mass is 16.5. The Bertz CT molecular complexity index is 587. The predicted molar refractivity (Wildman–Crippen MR) is 96.3 cm³/mol. The van der Waals surface area contributed by atoms with Crippen LogP contribution in [0.4, 0.5) is 0 Å². The molecule has 1 rings (SSSR count). The number of Topliss-reactive ketones (excluding diaryl/α,β-unsaturated/α-hetero) is 1. The number of aliphatic hydroxyl groups excluding tert-OH is 1. The minimum absolute atomic E-state index is 0.0585. The van der Waals surface area contributed by atoms with Gasteiger partial charge < -0.3 is 14.9 Å². The molecule has 2 N–H and O–H groups in total. The second kappa shape index (κ2) is 11.2. The van der Waals surface area contributed by atoms with Crippen LogP contribution >= 0.6 is 0 Å². The number of ketones is 1. The van der Waals surface area contributed by atoms with Crippen molar-refractivity contribution in [2.45, 2.75) is 38.2 Å². The number of rotatable bonds is 11. The molecule has 0 bridgehead atoms. The van der Waals surface area contributed by atoms with Gasteiger partial charge in [0.05, 0.1) is 13.2 Å². The van der Waals surface area contributed by atoms with Gasteiger partial charge in [0.1, 0.15) is 5.78 Å². The Balaban J connectivity index is 2.31. The summed E-state index contributed by atoms with van der Waals surface area (Å²) in [4.78, 5) is 11.8. The third-order valence-electron chi connectivity index (χ3n) is 3.56. The summed E-state index contributed by atoms with van der Waals surface area (Å²) < 4.78 is 5.05. The van der Waals surface area contributed by atoms with Gasteiger partial charge in [0.15, 0.2) is 11.5 Å². The first-order valence-electron chi connectivity index (χ1n) is 8.06. The van der Waals surface area contributed by atoms with Crippen LogP contribution in [0.2, 0.25) is 0 Å². The third-order valence-corrected chi connectivity index (χ3v) is 3.56. The average Bonchev–Trinajstić information content (AvgIpc) is 2.57. The summed E-state index contributed by atoms with van der Waals surface area (Å²) in [6.07, 6.45) is 10.9. The SMILES string of the molecule is C=C/C=C\C=C\CCC(=O)CC(O)CCc1ccc(O)c(OC)c1. The van der Waals surface area contributed by atoms with Crippen LogP contribution in [0.15, 0.2) is 55.2 Å². The quantitative estimate of drug-likeness (QED) is 0.607. The number of carbonyl (C=O) groups excluding carboxylic acids is 1. The molecule has 0 aliphatic rings. The fourth-order valence-electron chi connectivity index (χ4n) is 2.24. The van der Waals surface area contributed by atoms with E-state index >= 15 is 0 Å². The number of ether oxygens (including phenoxy) is 1. The number of phenolic OH excluding ortho intramolecular Hbond substituents is 1. The minimum atomic E-state index is -0.651. The van der Waals surface area contributed by atoms with Crippen LogP contribution in [0.1, 0.15) is 31.2 Å². The Labute approximate surface area is 143 Å². The lowest BCUT2D eigenvalue weighted by molar-refractivity contribution is -0.120. The zero-order valence-electron chi connectivity index (χ0n) is 14.1. The van der Waals surface area contributed by atoms with Gasteiger partial charge in [-0.3, -0.25) is 4.79 Å². The summed E-state index contributed by atoms with van der Waals surface area (Å²) >= 11 is 0. The second-order valence-electron chi connectivity index (χ2n) is 5.53. The predicted octanol–water partition coefficient (Wildman–Crippen LogP) is 3.73. The van der Waals surface area contributed by atoms with Crippen molar-refractivity contribution < 1.29 is 19.7 Å². The van der Waals surface area contributed by atoms with Gasteiger partial charge in [-0.1, -0.05) is 43.0 Å². The Morgan fingerprint density at radius 1 is 1.33 bits per heavy atom. The molecule has 0 aliphatic carbocycles. The van der Waals surface area contributed by atoms with E-state index in [0.717, 1.165) is 5.56 Å². The van der Waals surface area contributed by atoms with E-state index in [4.69, 9.17) is 4.74 Å². The second-order valence-corrected chi connectivity index (χ2v) is 5.53. The zero-order valence-corrected chi connectivity index (χ0v) is 14.1. The highest BCUT2D eigenvalue weighted by Crippen LogP contribution is 2.27. The molecule has 0 saturated carbocycles. The number of hydrogen-bond acceptors (Lipinski definition) is 4. The van der Waals surface area contributed by atoms with Crippen LogP contribution in [-0.2, 0) is 11.2 Å². The van der Waals surface area contributed by atoms with E-state index in [2.05, 4.69) is 6.58 Å². The number of aliphatic hydroxyl groups is 1. The first-order chi connectivity index (χ1) is 11.6. The van der Waals surface area contributed by atoms with E-state index in [-0.39, 0.29) is 18.0 Å². The number of allylic oxidation sites excluding steroid dienone is 5. The van der Waals surface area contributed by atoms with Crippen LogP contribution in [0.3, 0.4) is 0 Å². The minimum Gasteiger partial charge on any atom is -0.504 e. The summed E-state index contributed by atoms with van der Waals surface area (Å²) in [5, 5.41) is 19.5. The maximum atomic E-state index is 11.8. The normalized spacial score (nSPS) is 12.6. The molecule has 4 nitrogen and oxygen atoms in total. The van der Waals surface area contributed by atoms with Gasteiger partial charge in [-0.15, -0.1) is 0 Å². The van der Waals surface area contributed by atoms with Gasteiger partial charge in [0.2, 0.25) is 0 Å². The number of aromatic hydroxyl groups is 1. The van der Waals surface area contributed by atoms with Gasteiger partial charge >= 0.3 is 0 Å². The number of hydrogen-bond donors (Lipinski definition) is 2. The molecule has 0 aliphatic heterocycles. The van der Waals surface area contributed by atoms with E-state index in [0.29, 0.717) is 31.4 Å². The molecule has 1 unspecified atom stereocenters. The van der Waals surface area contributed by atoms with Crippen LogP contribution in [0.5, 0.6) is 11.5 Å². The molecule has 0 heterocycles. The molecular weight excluding hydrogens is 304 g/mol. The number of benzene rings is 1. The highest BCUT2D eigenvalue weighted by Gasteiger charge is 2.11. The van der Waals surface area contributed by atoms with E-state index in [9.17, 15) is 15.0 Å². The van der Waals surface area contributed by atoms with Crippen molar-refractivity contribution in [2.75, 3.05) is 7.11 Å². The lowest BCUT2D eigenvalue weighted by Crippen LogP contribution is -2.14. The molecule has 0 saturated heterocycles. The molecule has 1 atom stereocenters. The maximum Gasteiger partial charge on any atom is 0.160 e. The lowest BCUT2D eigenvalue weighted by atomic mass is 10.0. The van der Waals surface area contributed by atoms with E-state index < -0.39 is 6.10 Å². The molecule has 0 aromatic heterocycles. The van der Waals surface area contributed by atoms with Crippen molar-refractivity contribution in [1.29, 1.82) is 0 Å². The monoisotopic (exact) mass is 330 g/mol. The van der Waals surface area contributed by atoms with Crippen LogP contribution in [0, 0.1) is 0 Å². The lowest BCUT2D eigenvalue weighted by Gasteiger charge is -2.11. The van der Waals surface area contributed by atoms with Gasteiger partial charge in [-0.05, 0) is 37.0 Å². The van der Waals surface area contributed by atoms with E-state index in [1.807, 2.05) is 24.3 Å². The molecule has 0 spiro atoms. The number of phenols is 1. The molecule has 1 aromatic rings. The zero-order chi connectivity index (χ0) is 17.8. The molecule has 0 fully saturated rings. The van der Waals surface area contributed by atoms with Crippen LogP contribution in [0.25, 0.3) is 0 Å². The number of methoxy groups -OCH3 is 1. The Kier molecular flexibility index (Phi) is 9.24. The third kappa shape index (κ3) is 7.79. The van der Waals surface area contributed by atoms with Crippen LogP contribution < -0.4 is 4.74 Å². The molecule has 4 heteroatoms. The van der Waals surface area contributed by atoms with Crippen molar-refractivity contribution in [3.63, 3.8) is 0 Å². The fourth-order valence-corrected chi connectivity index (χ4v) is 2.24. The number of aryl methyl sites for hydroxylation is 1. The van der Waals surface area contributed by atoms with Crippen molar-refractivity contribution in [3.8, 4) is 11.5 Å². The van der Waals surface area contributed by atoms with Crippen LogP contribution in [-0.4, -0.2) is 29.2 Å². The topological polar surface area (TPSA) is 66.8 Å². The summed E-state index contributed by atoms with van der Waals surface area (Å²) in [6, 6.07) is 5.10. The standard InChI is InChI=1S/C20H26O4/c1-3-4-5-6-7-8-9-17(21)15-18(22)12-10-16-11-13-19(23)20(14-16)24-2/h3-7,11,13-14,18,22-23H,1,8-10,12,15H2,2H3/b5-4-,7-6+. The van der Waals surface area contributed by atoms with Crippen molar-refractivity contribution in [3.05, 3.63) is 60.7 Å². The molecule has 0 amide bonds. The first kappa shape index (κ1) is 19.7. The molecule has 130 valence electrons. The molecule has 24 heavy (non-hydrogen) atoms. The largest absolute Gasteiger partial charge is 0.504 e. The number of carbonyl (C=O) groups is 1. The van der Waals surface area contributed by atoms with Gasteiger partial charge in [-0.25, -0.2) is 0 Å². The highest BCUT2D eigenvalue weighted by molar-refractivity contribution is 5.78. The van der Waals surface area contributed by atoms with Crippen molar-refractivity contribution in [2.24, 2.45) is 0 Å². The summed E-state index contributed by atoms with van der Waals surface area (Å²) in [5.74, 6) is 0.562. The smallest absolute Gasteiger partial charge is 0.160 e.